The van der Waals surface area contributed by atoms with E-state index in [-0.39, 0.29) is 0 Å². The molecule has 0 fully saturated rings. The van der Waals surface area contributed by atoms with Crippen molar-refractivity contribution in [3.8, 4) is 5.75 Å². The van der Waals surface area contributed by atoms with Gasteiger partial charge < -0.3 is 10.1 Å². The molecule has 0 aliphatic carbocycles. The molecule has 0 spiro atoms. The first-order chi connectivity index (χ1) is 7.36. The smallest absolute Gasteiger partial charge is 0.119 e. The first-order valence-corrected chi connectivity index (χ1v) is 5.64. The van der Waals surface area contributed by atoms with Crippen LogP contribution in [0.4, 0.5) is 0 Å². The second-order valence-corrected chi connectivity index (χ2v) is 2.38. The lowest BCUT2D eigenvalue weighted by Gasteiger charge is -2.02. The number of nitrogens with one attached hydrogen (secondary N) is 1. The van der Waals surface area contributed by atoms with Gasteiger partial charge in [-0.25, -0.2) is 0 Å². The molecule has 0 radical (unpaired) electrons. The summed E-state index contributed by atoms with van der Waals surface area (Å²) in [5, 5.41) is 3.08. The Morgan fingerprint density at radius 2 is 1.73 bits per heavy atom. The van der Waals surface area contributed by atoms with E-state index in [9.17, 15) is 0 Å². The number of rotatable bonds is 3. The van der Waals surface area contributed by atoms with Gasteiger partial charge in [0.2, 0.25) is 0 Å². The van der Waals surface area contributed by atoms with Crippen LogP contribution in [0.25, 0.3) is 0 Å². The maximum atomic E-state index is 5.07. The molecule has 0 aliphatic rings. The zero-order chi connectivity index (χ0) is 12.1. The summed E-state index contributed by atoms with van der Waals surface area (Å²) in [6, 6.07) is 8.03. The van der Waals surface area contributed by atoms with E-state index >= 15 is 0 Å². The Morgan fingerprint density at radius 1 is 1.13 bits per heavy atom. The Morgan fingerprint density at radius 3 is 2.20 bits per heavy atom. The van der Waals surface area contributed by atoms with Crippen molar-refractivity contribution in [3.63, 3.8) is 0 Å². The lowest BCUT2D eigenvalue weighted by molar-refractivity contribution is 0.414. The first-order valence-electron chi connectivity index (χ1n) is 5.64. The van der Waals surface area contributed by atoms with E-state index < -0.39 is 0 Å². The zero-order valence-corrected chi connectivity index (χ0v) is 10.9. The topological polar surface area (TPSA) is 21.3 Å². The summed E-state index contributed by atoms with van der Waals surface area (Å²) < 4.78 is 5.07. The Hall–Kier alpha value is -1.02. The highest BCUT2D eigenvalue weighted by atomic mass is 16.5. The normalized spacial score (nSPS) is 7.87. The van der Waals surface area contributed by atoms with Gasteiger partial charge in [0.05, 0.1) is 7.11 Å². The van der Waals surface area contributed by atoms with Crippen molar-refractivity contribution >= 4 is 0 Å². The highest BCUT2D eigenvalue weighted by molar-refractivity contribution is 5.28. The Kier molecular flexibility index (Phi) is 14.2. The second-order valence-electron chi connectivity index (χ2n) is 2.38. The molecule has 0 aromatic heterocycles. The zero-order valence-electron chi connectivity index (χ0n) is 10.9. The Labute approximate surface area is 94.7 Å². The van der Waals surface area contributed by atoms with Crippen LogP contribution in [0.1, 0.15) is 33.3 Å². The molecule has 0 saturated carbocycles. The highest BCUT2D eigenvalue weighted by Gasteiger charge is 1.92. The Balaban J connectivity index is 0. The van der Waals surface area contributed by atoms with Crippen molar-refractivity contribution in [2.45, 2.75) is 34.2 Å². The Bertz CT molecular complexity index is 224. The van der Waals surface area contributed by atoms with E-state index in [1.54, 1.807) is 7.11 Å². The molecule has 0 saturated heterocycles. The highest BCUT2D eigenvalue weighted by Crippen LogP contribution is 2.11. The van der Waals surface area contributed by atoms with Crippen LogP contribution in [-0.2, 0) is 6.54 Å². The molecule has 15 heavy (non-hydrogen) atoms. The van der Waals surface area contributed by atoms with Gasteiger partial charge in [0, 0.05) is 6.54 Å². The third kappa shape index (κ3) is 8.01. The standard InChI is InChI=1S/C9H13NO.2C2H6/c1-10-7-8-4-3-5-9(6-8)11-2;2*1-2/h3-6,10H,7H2,1-2H3;2*1-2H3. The van der Waals surface area contributed by atoms with E-state index in [1.807, 2.05) is 52.9 Å². The van der Waals surface area contributed by atoms with Gasteiger partial charge in [0.25, 0.3) is 0 Å². The van der Waals surface area contributed by atoms with Crippen molar-refractivity contribution in [3.05, 3.63) is 29.8 Å². The molecule has 0 unspecified atom stereocenters. The molecule has 0 aliphatic heterocycles. The van der Waals surface area contributed by atoms with Gasteiger partial charge >= 0.3 is 0 Å². The predicted octanol–water partition coefficient (Wildman–Crippen LogP) is 3.47. The second kappa shape index (κ2) is 13.0. The summed E-state index contributed by atoms with van der Waals surface area (Å²) in [6.07, 6.45) is 0. The maximum Gasteiger partial charge on any atom is 0.119 e. The van der Waals surface area contributed by atoms with Gasteiger partial charge in [-0.1, -0.05) is 39.8 Å². The average Bonchev–Trinajstić information content (AvgIpc) is 2.35. The number of ether oxygens (including phenoxy) is 1. The van der Waals surface area contributed by atoms with E-state index in [1.165, 1.54) is 5.56 Å². The van der Waals surface area contributed by atoms with Crippen LogP contribution in [0.15, 0.2) is 24.3 Å². The van der Waals surface area contributed by atoms with Crippen LogP contribution in [-0.4, -0.2) is 14.2 Å². The first kappa shape index (κ1) is 16.4. The third-order valence-electron chi connectivity index (χ3n) is 1.52. The van der Waals surface area contributed by atoms with Crippen LogP contribution in [0.2, 0.25) is 0 Å². The van der Waals surface area contributed by atoms with Crippen molar-refractivity contribution in [2.24, 2.45) is 0 Å². The lowest BCUT2D eigenvalue weighted by atomic mass is 10.2. The van der Waals surface area contributed by atoms with Crippen LogP contribution in [0, 0.1) is 0 Å². The van der Waals surface area contributed by atoms with Gasteiger partial charge in [-0.3, -0.25) is 0 Å². The summed E-state index contributed by atoms with van der Waals surface area (Å²) in [4.78, 5) is 0. The summed E-state index contributed by atoms with van der Waals surface area (Å²) in [7, 11) is 3.61. The van der Waals surface area contributed by atoms with Crippen molar-refractivity contribution in [1.82, 2.24) is 5.32 Å². The minimum atomic E-state index is 0.886. The van der Waals surface area contributed by atoms with Gasteiger partial charge in [-0.2, -0.15) is 0 Å². The number of hydrogen-bond acceptors (Lipinski definition) is 2. The lowest BCUT2D eigenvalue weighted by Crippen LogP contribution is -2.04. The summed E-state index contributed by atoms with van der Waals surface area (Å²) in [5.74, 6) is 0.915. The SMILES string of the molecule is CC.CC.CNCc1cccc(OC)c1. The van der Waals surface area contributed by atoms with Gasteiger partial charge in [-0.05, 0) is 24.7 Å². The van der Waals surface area contributed by atoms with Crippen LogP contribution >= 0.6 is 0 Å². The molecule has 1 aromatic carbocycles. The summed E-state index contributed by atoms with van der Waals surface area (Å²) in [6.45, 7) is 8.89. The number of benzene rings is 1. The van der Waals surface area contributed by atoms with Crippen molar-refractivity contribution < 1.29 is 4.74 Å². The summed E-state index contributed by atoms with van der Waals surface area (Å²) in [5.41, 5.74) is 1.24. The molecule has 2 nitrogen and oxygen atoms in total. The molecular weight excluding hydrogens is 186 g/mol. The monoisotopic (exact) mass is 211 g/mol. The average molecular weight is 211 g/mol. The van der Waals surface area contributed by atoms with Gasteiger partial charge in [-0.15, -0.1) is 0 Å². The molecule has 0 atom stereocenters. The van der Waals surface area contributed by atoms with Crippen LogP contribution in [0.5, 0.6) is 5.75 Å². The van der Waals surface area contributed by atoms with Gasteiger partial charge in [0.1, 0.15) is 5.75 Å². The molecule has 0 bridgehead atoms. The van der Waals surface area contributed by atoms with E-state index in [4.69, 9.17) is 4.74 Å². The summed E-state index contributed by atoms with van der Waals surface area (Å²) >= 11 is 0. The molecule has 1 aromatic rings. The third-order valence-corrected chi connectivity index (χ3v) is 1.52. The fourth-order valence-corrected chi connectivity index (χ4v) is 0.987. The number of methoxy groups -OCH3 is 1. The van der Waals surface area contributed by atoms with Crippen LogP contribution in [0.3, 0.4) is 0 Å². The predicted molar refractivity (Wildman–Crippen MR) is 68.5 cm³/mol. The molecule has 1 rings (SSSR count). The van der Waals surface area contributed by atoms with Crippen molar-refractivity contribution in [1.29, 1.82) is 0 Å². The molecule has 0 heterocycles. The molecule has 0 amide bonds. The molecule has 2 heteroatoms. The fourth-order valence-electron chi connectivity index (χ4n) is 0.987. The van der Waals surface area contributed by atoms with E-state index in [2.05, 4.69) is 11.4 Å². The van der Waals surface area contributed by atoms with Gasteiger partial charge in [0.15, 0.2) is 0 Å². The quantitative estimate of drug-likeness (QED) is 0.826. The maximum absolute atomic E-state index is 5.07. The van der Waals surface area contributed by atoms with Crippen LogP contribution < -0.4 is 10.1 Å². The largest absolute Gasteiger partial charge is 0.497 e. The minimum absolute atomic E-state index is 0.886. The number of hydrogen-bond donors (Lipinski definition) is 1. The van der Waals surface area contributed by atoms with Crippen molar-refractivity contribution in [2.75, 3.05) is 14.2 Å². The molecule has 88 valence electrons. The van der Waals surface area contributed by atoms with E-state index in [0.717, 1.165) is 12.3 Å². The minimum Gasteiger partial charge on any atom is -0.497 e. The fraction of sp³-hybridized carbons (Fsp3) is 0.538. The molecular formula is C13H25NO. The van der Waals surface area contributed by atoms with E-state index in [0.29, 0.717) is 0 Å². The molecule has 1 N–H and O–H groups in total.